The number of fused-ring (bicyclic) bond motifs is 2. The zero-order valence-electron chi connectivity index (χ0n) is 15.4. The molecule has 1 heteroatoms. The van der Waals surface area contributed by atoms with Gasteiger partial charge in [0.25, 0.3) is 0 Å². The first kappa shape index (κ1) is 17.4. The zero-order valence-corrected chi connectivity index (χ0v) is 17.6. The Labute approximate surface area is 179 Å². The van der Waals surface area contributed by atoms with E-state index in [1.807, 2.05) is 0 Å². The summed E-state index contributed by atoms with van der Waals surface area (Å²) in [7, 11) is 0. The Morgan fingerprint density at radius 1 is 0.500 bits per heavy atom. The highest BCUT2D eigenvalue weighted by atomic mass is 127. The summed E-state index contributed by atoms with van der Waals surface area (Å²) in [6, 6.07) is 37.3. The standard InChI is InChI=1S/C27H19I/c28-18-22-15-14-20-10-4-6-12-23(20)26(22)27-24-13-7-5-11-21(24)16-17-25(27)19-8-2-1-3-9-19/h1-17H,18H2. The summed E-state index contributed by atoms with van der Waals surface area (Å²) in [6.45, 7) is 0. The van der Waals surface area contributed by atoms with Crippen molar-refractivity contribution in [1.82, 2.24) is 0 Å². The molecule has 0 radical (unpaired) electrons. The average molecular weight is 470 g/mol. The van der Waals surface area contributed by atoms with Crippen LogP contribution >= 0.6 is 22.6 Å². The van der Waals surface area contributed by atoms with Crippen molar-refractivity contribution in [2.75, 3.05) is 0 Å². The fraction of sp³-hybridized carbons (Fsp3) is 0.0370. The van der Waals surface area contributed by atoms with Crippen molar-refractivity contribution in [2.24, 2.45) is 0 Å². The van der Waals surface area contributed by atoms with Crippen molar-refractivity contribution < 1.29 is 0 Å². The fourth-order valence-electron chi connectivity index (χ4n) is 4.12. The monoisotopic (exact) mass is 470 g/mol. The van der Waals surface area contributed by atoms with Crippen LogP contribution in [0.3, 0.4) is 0 Å². The Bertz CT molecular complexity index is 1290. The van der Waals surface area contributed by atoms with Crippen LogP contribution in [0.5, 0.6) is 0 Å². The third-order valence-corrected chi connectivity index (χ3v) is 6.24. The van der Waals surface area contributed by atoms with Crippen LogP contribution in [-0.4, -0.2) is 0 Å². The van der Waals surface area contributed by atoms with E-state index in [0.717, 1.165) is 4.43 Å². The van der Waals surface area contributed by atoms with Gasteiger partial charge in [0.1, 0.15) is 0 Å². The molecule has 0 unspecified atom stereocenters. The van der Waals surface area contributed by atoms with E-state index in [2.05, 4.69) is 126 Å². The second-order valence-corrected chi connectivity index (χ2v) is 7.79. The molecule has 0 amide bonds. The number of alkyl halides is 1. The highest BCUT2D eigenvalue weighted by molar-refractivity contribution is 14.1. The predicted molar refractivity (Wildman–Crippen MR) is 130 cm³/mol. The Morgan fingerprint density at radius 3 is 1.75 bits per heavy atom. The summed E-state index contributed by atoms with van der Waals surface area (Å²) in [6.07, 6.45) is 0. The predicted octanol–water partition coefficient (Wildman–Crippen LogP) is 8.26. The molecule has 0 aliphatic carbocycles. The van der Waals surface area contributed by atoms with E-state index < -0.39 is 0 Å². The van der Waals surface area contributed by atoms with Crippen LogP contribution in [0.1, 0.15) is 5.56 Å². The summed E-state index contributed by atoms with van der Waals surface area (Å²) >= 11 is 2.49. The molecule has 5 aromatic carbocycles. The van der Waals surface area contributed by atoms with E-state index in [0.29, 0.717) is 0 Å². The van der Waals surface area contributed by atoms with Gasteiger partial charge in [-0.1, -0.05) is 126 Å². The maximum absolute atomic E-state index is 2.49. The molecule has 0 aliphatic rings. The molecular weight excluding hydrogens is 451 g/mol. The summed E-state index contributed by atoms with van der Waals surface area (Å²) in [4.78, 5) is 0. The molecule has 0 aliphatic heterocycles. The van der Waals surface area contributed by atoms with Gasteiger partial charge in [0.15, 0.2) is 0 Å². The van der Waals surface area contributed by atoms with Gasteiger partial charge >= 0.3 is 0 Å². The lowest BCUT2D eigenvalue weighted by Gasteiger charge is -2.19. The first-order valence-corrected chi connectivity index (χ1v) is 11.0. The number of halogens is 1. The molecule has 0 saturated carbocycles. The summed E-state index contributed by atoms with van der Waals surface area (Å²) in [5.41, 5.74) is 6.64. The van der Waals surface area contributed by atoms with E-state index in [1.165, 1.54) is 49.4 Å². The Balaban J connectivity index is 1.98. The molecule has 5 aromatic rings. The third kappa shape index (κ3) is 2.91. The van der Waals surface area contributed by atoms with Crippen molar-refractivity contribution in [1.29, 1.82) is 0 Å². The van der Waals surface area contributed by atoms with E-state index in [4.69, 9.17) is 0 Å². The van der Waals surface area contributed by atoms with Crippen LogP contribution in [-0.2, 0) is 4.43 Å². The van der Waals surface area contributed by atoms with Crippen molar-refractivity contribution >= 4 is 44.1 Å². The maximum atomic E-state index is 2.49. The van der Waals surface area contributed by atoms with Gasteiger partial charge in [-0.15, -0.1) is 0 Å². The topological polar surface area (TPSA) is 0 Å². The van der Waals surface area contributed by atoms with E-state index >= 15 is 0 Å². The number of benzene rings is 5. The van der Waals surface area contributed by atoms with E-state index in [-0.39, 0.29) is 0 Å². The normalized spacial score (nSPS) is 11.2. The van der Waals surface area contributed by atoms with Crippen molar-refractivity contribution in [3.8, 4) is 22.3 Å². The lowest BCUT2D eigenvalue weighted by atomic mass is 9.85. The zero-order chi connectivity index (χ0) is 18.9. The van der Waals surface area contributed by atoms with Crippen molar-refractivity contribution in [3.05, 3.63) is 109 Å². The minimum absolute atomic E-state index is 0.982. The first-order valence-electron chi connectivity index (χ1n) is 9.51. The summed E-state index contributed by atoms with van der Waals surface area (Å²) < 4.78 is 0.982. The van der Waals surface area contributed by atoms with Crippen molar-refractivity contribution in [3.63, 3.8) is 0 Å². The van der Waals surface area contributed by atoms with Gasteiger partial charge in [0.2, 0.25) is 0 Å². The maximum Gasteiger partial charge on any atom is 0.0253 e. The molecule has 0 aromatic heterocycles. The first-order chi connectivity index (χ1) is 13.9. The molecule has 0 fully saturated rings. The molecule has 0 atom stereocenters. The van der Waals surface area contributed by atoms with Crippen LogP contribution in [0.4, 0.5) is 0 Å². The lowest BCUT2D eigenvalue weighted by Crippen LogP contribution is -1.93. The van der Waals surface area contributed by atoms with Gasteiger partial charge in [-0.2, -0.15) is 0 Å². The molecule has 28 heavy (non-hydrogen) atoms. The molecule has 0 spiro atoms. The number of hydrogen-bond acceptors (Lipinski definition) is 0. The van der Waals surface area contributed by atoms with Gasteiger partial charge < -0.3 is 0 Å². The highest BCUT2D eigenvalue weighted by Crippen LogP contribution is 2.43. The molecule has 5 rings (SSSR count). The van der Waals surface area contributed by atoms with Gasteiger partial charge in [-0.05, 0) is 49.4 Å². The highest BCUT2D eigenvalue weighted by Gasteiger charge is 2.17. The van der Waals surface area contributed by atoms with Gasteiger partial charge in [-0.25, -0.2) is 0 Å². The van der Waals surface area contributed by atoms with Crippen LogP contribution in [0.15, 0.2) is 103 Å². The number of rotatable bonds is 3. The second-order valence-electron chi connectivity index (χ2n) is 7.03. The SMILES string of the molecule is ICc1ccc2ccccc2c1-c1c(-c2ccccc2)ccc2ccccc12. The Kier molecular flexibility index (Phi) is 4.61. The fourth-order valence-corrected chi connectivity index (χ4v) is 4.76. The summed E-state index contributed by atoms with van der Waals surface area (Å²) in [5.74, 6) is 0. The summed E-state index contributed by atoms with van der Waals surface area (Å²) in [5, 5.41) is 5.21. The van der Waals surface area contributed by atoms with Gasteiger partial charge in [0.05, 0.1) is 0 Å². The lowest BCUT2D eigenvalue weighted by molar-refractivity contribution is 1.48. The van der Waals surface area contributed by atoms with Crippen LogP contribution in [0, 0.1) is 0 Å². The van der Waals surface area contributed by atoms with Crippen LogP contribution in [0.2, 0.25) is 0 Å². The van der Waals surface area contributed by atoms with E-state index in [1.54, 1.807) is 0 Å². The molecule has 0 heterocycles. The van der Waals surface area contributed by atoms with Gasteiger partial charge in [-0.3, -0.25) is 0 Å². The van der Waals surface area contributed by atoms with Crippen LogP contribution < -0.4 is 0 Å². The van der Waals surface area contributed by atoms with Crippen LogP contribution in [0.25, 0.3) is 43.8 Å². The smallest absolute Gasteiger partial charge is 0.0253 e. The molecule has 0 nitrogen and oxygen atoms in total. The quantitative estimate of drug-likeness (QED) is 0.184. The molecule has 0 bridgehead atoms. The van der Waals surface area contributed by atoms with Crippen molar-refractivity contribution in [2.45, 2.75) is 4.43 Å². The Morgan fingerprint density at radius 2 is 1.07 bits per heavy atom. The minimum Gasteiger partial charge on any atom is -0.0812 e. The Hall–Kier alpha value is -2.65. The molecular formula is C27H19I. The largest absolute Gasteiger partial charge is 0.0812 e. The van der Waals surface area contributed by atoms with E-state index in [9.17, 15) is 0 Å². The second kappa shape index (κ2) is 7.40. The minimum atomic E-state index is 0.982. The number of hydrogen-bond donors (Lipinski definition) is 0. The molecule has 0 saturated heterocycles. The molecule has 134 valence electrons. The van der Waals surface area contributed by atoms with Gasteiger partial charge in [0, 0.05) is 4.43 Å². The third-order valence-electron chi connectivity index (χ3n) is 5.42. The average Bonchev–Trinajstić information content (AvgIpc) is 2.78. The molecule has 0 N–H and O–H groups in total.